The largest absolute Gasteiger partial charge is 0.388 e. The second-order valence-corrected chi connectivity index (χ2v) is 5.96. The van der Waals surface area contributed by atoms with E-state index in [1.807, 2.05) is 0 Å². The fourth-order valence-corrected chi connectivity index (χ4v) is 2.49. The Kier molecular flexibility index (Phi) is 10.7. The van der Waals surface area contributed by atoms with Crippen LogP contribution in [0.5, 0.6) is 0 Å². The summed E-state index contributed by atoms with van der Waals surface area (Å²) in [4.78, 5) is 0. The number of rotatable bonds is 12. The summed E-state index contributed by atoms with van der Waals surface area (Å²) in [7, 11) is 0. The number of ether oxygens (including phenoxy) is 2. The Morgan fingerprint density at radius 2 is 1.86 bits per heavy atom. The molecule has 0 aromatic heterocycles. The highest BCUT2D eigenvalue weighted by Gasteiger charge is 2.39. The van der Waals surface area contributed by atoms with Gasteiger partial charge >= 0.3 is 0 Å². The molecule has 1 aliphatic heterocycles. The lowest BCUT2D eigenvalue weighted by Crippen LogP contribution is -2.40. The standard InChI is InChI=1S/C17H32O5/c1-2-3-4-5-6-7-8-9-10-11-21-12-15(19)17-16(20)14(18)13-22-17/h7-8,14-20H,2-6,9-13H2,1H3/b8-7+/t14-,15+,16+,17+/m0/s1. The highest BCUT2D eigenvalue weighted by molar-refractivity contribution is 4.87. The van der Waals surface area contributed by atoms with Gasteiger partial charge in [-0.1, -0.05) is 38.3 Å². The molecule has 0 aromatic carbocycles. The average molecular weight is 316 g/mol. The smallest absolute Gasteiger partial charge is 0.114 e. The topological polar surface area (TPSA) is 79.2 Å². The number of aliphatic hydroxyl groups excluding tert-OH is 3. The first-order valence-electron chi connectivity index (χ1n) is 8.55. The van der Waals surface area contributed by atoms with Crippen LogP contribution in [-0.4, -0.2) is 59.6 Å². The third kappa shape index (κ3) is 7.70. The van der Waals surface area contributed by atoms with Crippen LogP contribution >= 0.6 is 0 Å². The maximum atomic E-state index is 9.85. The van der Waals surface area contributed by atoms with Gasteiger partial charge in [-0.25, -0.2) is 0 Å². The molecule has 1 heterocycles. The van der Waals surface area contributed by atoms with Crippen molar-refractivity contribution in [2.75, 3.05) is 19.8 Å². The van der Waals surface area contributed by atoms with E-state index in [2.05, 4.69) is 19.1 Å². The molecule has 22 heavy (non-hydrogen) atoms. The van der Waals surface area contributed by atoms with Gasteiger partial charge in [0.05, 0.1) is 13.2 Å². The molecule has 0 aromatic rings. The van der Waals surface area contributed by atoms with Gasteiger partial charge in [0, 0.05) is 6.61 Å². The van der Waals surface area contributed by atoms with Crippen molar-refractivity contribution in [3.8, 4) is 0 Å². The van der Waals surface area contributed by atoms with Crippen molar-refractivity contribution < 1.29 is 24.8 Å². The zero-order valence-corrected chi connectivity index (χ0v) is 13.7. The van der Waals surface area contributed by atoms with E-state index in [1.54, 1.807) is 0 Å². The van der Waals surface area contributed by atoms with E-state index in [1.165, 1.54) is 25.7 Å². The van der Waals surface area contributed by atoms with Gasteiger partial charge in [0.2, 0.25) is 0 Å². The molecular weight excluding hydrogens is 284 g/mol. The van der Waals surface area contributed by atoms with Crippen molar-refractivity contribution in [1.82, 2.24) is 0 Å². The van der Waals surface area contributed by atoms with Crippen LogP contribution in [0.3, 0.4) is 0 Å². The molecule has 0 spiro atoms. The predicted octanol–water partition coefficient (Wildman–Crippen LogP) is 1.79. The summed E-state index contributed by atoms with van der Waals surface area (Å²) in [6, 6.07) is 0. The SMILES string of the molecule is CCCCCC/C=C/CCCOC[C@@H](O)[C@H]1OC[C@H](O)[C@H]1O. The van der Waals surface area contributed by atoms with E-state index in [-0.39, 0.29) is 13.2 Å². The van der Waals surface area contributed by atoms with Gasteiger partial charge < -0.3 is 24.8 Å². The molecule has 1 fully saturated rings. The third-order valence-corrected chi connectivity index (χ3v) is 3.91. The molecule has 0 unspecified atom stereocenters. The molecular formula is C17H32O5. The van der Waals surface area contributed by atoms with E-state index in [9.17, 15) is 15.3 Å². The van der Waals surface area contributed by atoms with Crippen molar-refractivity contribution in [3.63, 3.8) is 0 Å². The van der Waals surface area contributed by atoms with Crippen LogP contribution in [0.2, 0.25) is 0 Å². The van der Waals surface area contributed by atoms with Crippen LogP contribution in [0.4, 0.5) is 0 Å². The number of allylic oxidation sites excluding steroid dienone is 2. The van der Waals surface area contributed by atoms with Gasteiger partial charge in [-0.3, -0.25) is 0 Å². The monoisotopic (exact) mass is 316 g/mol. The van der Waals surface area contributed by atoms with Gasteiger partial charge in [0.15, 0.2) is 0 Å². The third-order valence-electron chi connectivity index (χ3n) is 3.91. The summed E-state index contributed by atoms with van der Waals surface area (Å²) >= 11 is 0. The molecule has 5 nitrogen and oxygen atoms in total. The van der Waals surface area contributed by atoms with Crippen LogP contribution in [0.15, 0.2) is 12.2 Å². The quantitative estimate of drug-likeness (QED) is 0.378. The average Bonchev–Trinajstić information content (AvgIpc) is 2.84. The van der Waals surface area contributed by atoms with E-state index in [0.29, 0.717) is 6.61 Å². The summed E-state index contributed by atoms with van der Waals surface area (Å²) in [5.74, 6) is 0. The Bertz CT molecular complexity index is 295. The molecule has 4 atom stereocenters. The van der Waals surface area contributed by atoms with Crippen LogP contribution < -0.4 is 0 Å². The molecule has 1 aliphatic rings. The van der Waals surface area contributed by atoms with Crippen molar-refractivity contribution in [3.05, 3.63) is 12.2 Å². The van der Waals surface area contributed by atoms with E-state index in [4.69, 9.17) is 9.47 Å². The Labute approximate surface area is 133 Å². The minimum Gasteiger partial charge on any atom is -0.388 e. The molecule has 1 saturated heterocycles. The lowest BCUT2D eigenvalue weighted by Gasteiger charge is -2.20. The summed E-state index contributed by atoms with van der Waals surface area (Å²) in [6.07, 6.45) is 9.03. The number of aliphatic hydroxyl groups is 3. The van der Waals surface area contributed by atoms with Gasteiger partial charge in [-0.2, -0.15) is 0 Å². The first-order chi connectivity index (χ1) is 10.7. The van der Waals surface area contributed by atoms with Crippen molar-refractivity contribution in [2.45, 2.75) is 76.3 Å². The summed E-state index contributed by atoms with van der Waals surface area (Å²) < 4.78 is 10.5. The van der Waals surface area contributed by atoms with Gasteiger partial charge in [-0.05, 0) is 25.7 Å². The highest BCUT2D eigenvalue weighted by Crippen LogP contribution is 2.17. The summed E-state index contributed by atoms with van der Waals surface area (Å²) in [6.45, 7) is 2.97. The molecule has 3 N–H and O–H groups in total. The molecule has 0 saturated carbocycles. The minimum absolute atomic E-state index is 0.0615. The first kappa shape index (κ1) is 19.6. The highest BCUT2D eigenvalue weighted by atomic mass is 16.5. The molecule has 1 rings (SSSR count). The lowest BCUT2D eigenvalue weighted by atomic mass is 10.1. The Balaban J connectivity index is 1.94. The zero-order chi connectivity index (χ0) is 16.2. The lowest BCUT2D eigenvalue weighted by molar-refractivity contribution is -0.0811. The first-order valence-corrected chi connectivity index (χ1v) is 8.55. The fourth-order valence-electron chi connectivity index (χ4n) is 2.49. The predicted molar refractivity (Wildman–Crippen MR) is 85.7 cm³/mol. The van der Waals surface area contributed by atoms with E-state index < -0.39 is 24.4 Å². The Hall–Kier alpha value is -0.460. The second kappa shape index (κ2) is 12.0. The Morgan fingerprint density at radius 3 is 2.50 bits per heavy atom. The van der Waals surface area contributed by atoms with E-state index >= 15 is 0 Å². The van der Waals surface area contributed by atoms with Gasteiger partial charge in [0.1, 0.15) is 24.4 Å². The minimum atomic E-state index is -1.03. The van der Waals surface area contributed by atoms with E-state index in [0.717, 1.165) is 19.3 Å². The molecule has 130 valence electrons. The fraction of sp³-hybridized carbons (Fsp3) is 0.882. The maximum absolute atomic E-state index is 9.85. The number of unbranched alkanes of at least 4 members (excludes halogenated alkanes) is 5. The van der Waals surface area contributed by atoms with Crippen LogP contribution in [0.1, 0.15) is 51.9 Å². The molecule has 5 heteroatoms. The molecule has 0 bridgehead atoms. The number of hydrogen-bond donors (Lipinski definition) is 3. The van der Waals surface area contributed by atoms with Gasteiger partial charge in [-0.15, -0.1) is 0 Å². The summed E-state index contributed by atoms with van der Waals surface area (Å²) in [5, 5.41) is 28.8. The Morgan fingerprint density at radius 1 is 1.14 bits per heavy atom. The number of hydrogen-bond acceptors (Lipinski definition) is 5. The summed E-state index contributed by atoms with van der Waals surface area (Å²) in [5.41, 5.74) is 0. The molecule has 0 aliphatic carbocycles. The van der Waals surface area contributed by atoms with Crippen LogP contribution in [0.25, 0.3) is 0 Å². The molecule has 0 radical (unpaired) electrons. The van der Waals surface area contributed by atoms with Gasteiger partial charge in [0.25, 0.3) is 0 Å². The normalized spacial score (nSPS) is 26.8. The molecule has 0 amide bonds. The second-order valence-electron chi connectivity index (χ2n) is 5.96. The van der Waals surface area contributed by atoms with Crippen LogP contribution in [0, 0.1) is 0 Å². The van der Waals surface area contributed by atoms with Crippen molar-refractivity contribution in [1.29, 1.82) is 0 Å². The zero-order valence-electron chi connectivity index (χ0n) is 13.7. The van der Waals surface area contributed by atoms with Crippen molar-refractivity contribution in [2.24, 2.45) is 0 Å². The van der Waals surface area contributed by atoms with Crippen molar-refractivity contribution >= 4 is 0 Å². The van der Waals surface area contributed by atoms with Crippen LogP contribution in [-0.2, 0) is 9.47 Å². The maximum Gasteiger partial charge on any atom is 0.114 e.